The predicted molar refractivity (Wildman–Crippen MR) is 135 cm³/mol. The van der Waals surface area contributed by atoms with Crippen LogP contribution in [0.4, 0.5) is 17.1 Å². The van der Waals surface area contributed by atoms with Gasteiger partial charge in [-0.2, -0.15) is 0 Å². The molecule has 174 valence electrons. The van der Waals surface area contributed by atoms with Gasteiger partial charge in [0.2, 0.25) is 5.91 Å². The van der Waals surface area contributed by atoms with Crippen LogP contribution >= 0.6 is 11.8 Å². The van der Waals surface area contributed by atoms with E-state index in [-0.39, 0.29) is 27.9 Å². The highest BCUT2D eigenvalue weighted by Crippen LogP contribution is 2.42. The molecule has 1 fully saturated rings. The maximum Gasteiger partial charge on any atom is 0.270 e. The van der Waals surface area contributed by atoms with Gasteiger partial charge in [0.25, 0.3) is 11.6 Å². The SMILES string of the molecule is CC(C)(C)c1ccc(N2C(=O)CS[C@@H]2c2ccc(NC(=O)c3cccc([N+](=O)[O-])c3)cc2)cc1. The standard InChI is InChI=1S/C26H25N3O4S/c1-26(2,3)19-9-13-21(14-10-19)28-23(30)16-34-25(28)17-7-11-20(12-8-17)27-24(31)18-5-4-6-22(15-18)29(32)33/h4-15,25H,16H2,1-3H3,(H,27,31)/t25-/m1/s1. The van der Waals surface area contributed by atoms with Crippen molar-refractivity contribution in [1.82, 2.24) is 0 Å². The van der Waals surface area contributed by atoms with Crippen molar-refractivity contribution in [3.05, 3.63) is 99.6 Å². The molecule has 1 aliphatic rings. The lowest BCUT2D eigenvalue weighted by molar-refractivity contribution is -0.384. The van der Waals surface area contributed by atoms with E-state index in [4.69, 9.17) is 0 Å². The van der Waals surface area contributed by atoms with Crippen LogP contribution in [0.1, 0.15) is 47.6 Å². The van der Waals surface area contributed by atoms with Gasteiger partial charge in [0, 0.05) is 29.1 Å². The van der Waals surface area contributed by atoms with Crippen LogP contribution in [0.5, 0.6) is 0 Å². The Morgan fingerprint density at radius 2 is 1.74 bits per heavy atom. The van der Waals surface area contributed by atoms with Crippen molar-refractivity contribution in [2.24, 2.45) is 0 Å². The van der Waals surface area contributed by atoms with E-state index in [0.717, 1.165) is 11.3 Å². The fourth-order valence-electron chi connectivity index (χ4n) is 3.77. The Bertz CT molecular complexity index is 1230. The molecule has 0 aliphatic carbocycles. The highest BCUT2D eigenvalue weighted by atomic mass is 32.2. The number of amides is 2. The Morgan fingerprint density at radius 3 is 2.35 bits per heavy atom. The monoisotopic (exact) mass is 475 g/mol. The van der Waals surface area contributed by atoms with Gasteiger partial charge in [0.05, 0.1) is 10.7 Å². The van der Waals surface area contributed by atoms with E-state index in [1.165, 1.54) is 29.8 Å². The second kappa shape index (κ2) is 9.30. The minimum absolute atomic E-state index is 0.0344. The van der Waals surface area contributed by atoms with Gasteiger partial charge >= 0.3 is 0 Å². The summed E-state index contributed by atoms with van der Waals surface area (Å²) in [6, 6.07) is 21.0. The Labute approximate surface area is 202 Å². The van der Waals surface area contributed by atoms with Crippen LogP contribution in [0, 0.1) is 10.1 Å². The lowest BCUT2D eigenvalue weighted by Gasteiger charge is -2.26. The Kier molecular flexibility index (Phi) is 6.43. The van der Waals surface area contributed by atoms with Gasteiger partial charge in [-0.05, 0) is 46.9 Å². The molecule has 7 nitrogen and oxygen atoms in total. The van der Waals surface area contributed by atoms with Crippen LogP contribution < -0.4 is 10.2 Å². The fourth-order valence-corrected chi connectivity index (χ4v) is 4.94. The van der Waals surface area contributed by atoms with E-state index in [1.54, 1.807) is 23.9 Å². The maximum absolute atomic E-state index is 12.7. The summed E-state index contributed by atoms with van der Waals surface area (Å²) < 4.78 is 0. The molecule has 1 aliphatic heterocycles. The molecule has 34 heavy (non-hydrogen) atoms. The first-order valence-electron chi connectivity index (χ1n) is 10.8. The van der Waals surface area contributed by atoms with Crippen LogP contribution in [-0.4, -0.2) is 22.5 Å². The summed E-state index contributed by atoms with van der Waals surface area (Å²) in [5.41, 5.74) is 3.68. The molecule has 0 saturated carbocycles. The van der Waals surface area contributed by atoms with Crippen molar-refractivity contribution < 1.29 is 14.5 Å². The van der Waals surface area contributed by atoms with Crippen molar-refractivity contribution in [3.63, 3.8) is 0 Å². The number of anilines is 2. The van der Waals surface area contributed by atoms with Gasteiger partial charge in [0.15, 0.2) is 0 Å². The maximum atomic E-state index is 12.7. The molecule has 3 aromatic rings. The summed E-state index contributed by atoms with van der Waals surface area (Å²) in [5.74, 6) is 0.0285. The molecule has 3 aromatic carbocycles. The Morgan fingerprint density at radius 1 is 1.06 bits per heavy atom. The van der Waals surface area contributed by atoms with E-state index < -0.39 is 10.8 Å². The van der Waals surface area contributed by atoms with Gasteiger partial charge in [-0.25, -0.2) is 0 Å². The zero-order valence-electron chi connectivity index (χ0n) is 19.1. The quantitative estimate of drug-likeness (QED) is 0.365. The molecule has 0 bridgehead atoms. The minimum Gasteiger partial charge on any atom is -0.322 e. The van der Waals surface area contributed by atoms with E-state index >= 15 is 0 Å². The van der Waals surface area contributed by atoms with Crippen LogP contribution in [0.25, 0.3) is 0 Å². The first-order valence-corrected chi connectivity index (χ1v) is 11.9. The van der Waals surface area contributed by atoms with Crippen molar-refractivity contribution in [2.75, 3.05) is 16.0 Å². The molecule has 8 heteroatoms. The summed E-state index contributed by atoms with van der Waals surface area (Å²) in [7, 11) is 0. The average molecular weight is 476 g/mol. The molecule has 1 N–H and O–H groups in total. The Balaban J connectivity index is 1.50. The second-order valence-electron chi connectivity index (χ2n) is 9.11. The smallest absolute Gasteiger partial charge is 0.270 e. The van der Waals surface area contributed by atoms with E-state index in [2.05, 4.69) is 38.2 Å². The molecular formula is C26H25N3O4S. The molecular weight excluding hydrogens is 450 g/mol. The van der Waals surface area contributed by atoms with Crippen molar-refractivity contribution >= 4 is 40.6 Å². The van der Waals surface area contributed by atoms with Crippen molar-refractivity contribution in [3.8, 4) is 0 Å². The molecule has 1 atom stereocenters. The first-order chi connectivity index (χ1) is 16.1. The third kappa shape index (κ3) is 4.97. The molecule has 0 radical (unpaired) electrons. The highest BCUT2D eigenvalue weighted by molar-refractivity contribution is 8.00. The third-order valence-corrected chi connectivity index (χ3v) is 6.86. The molecule has 0 spiro atoms. The van der Waals surface area contributed by atoms with Crippen LogP contribution in [-0.2, 0) is 10.2 Å². The lowest BCUT2D eigenvalue weighted by atomic mass is 9.87. The zero-order chi connectivity index (χ0) is 24.5. The number of thioether (sulfide) groups is 1. The summed E-state index contributed by atoms with van der Waals surface area (Å²) in [6.45, 7) is 6.46. The number of hydrogen-bond acceptors (Lipinski definition) is 5. The van der Waals surface area contributed by atoms with Crippen LogP contribution in [0.15, 0.2) is 72.8 Å². The van der Waals surface area contributed by atoms with Crippen molar-refractivity contribution in [2.45, 2.75) is 31.6 Å². The number of nitro groups is 1. The molecule has 1 saturated heterocycles. The third-order valence-electron chi connectivity index (χ3n) is 5.65. The molecule has 0 aromatic heterocycles. The first kappa shape index (κ1) is 23.5. The topological polar surface area (TPSA) is 92.6 Å². The lowest BCUT2D eigenvalue weighted by Crippen LogP contribution is -2.28. The molecule has 1 heterocycles. The van der Waals surface area contributed by atoms with Crippen molar-refractivity contribution in [1.29, 1.82) is 0 Å². The summed E-state index contributed by atoms with van der Waals surface area (Å²) >= 11 is 1.56. The van der Waals surface area contributed by atoms with E-state index in [0.29, 0.717) is 11.4 Å². The van der Waals surface area contributed by atoms with Gasteiger partial charge in [-0.15, -0.1) is 11.8 Å². The van der Waals surface area contributed by atoms with Gasteiger partial charge in [0.1, 0.15) is 5.37 Å². The van der Waals surface area contributed by atoms with Gasteiger partial charge in [-0.1, -0.05) is 51.1 Å². The number of nitrogens with zero attached hydrogens (tertiary/aromatic N) is 2. The minimum atomic E-state index is -0.533. The number of nitro benzene ring substituents is 1. The highest BCUT2D eigenvalue weighted by Gasteiger charge is 2.34. The second-order valence-corrected chi connectivity index (χ2v) is 10.2. The van der Waals surface area contributed by atoms with Gasteiger partial charge in [-0.3, -0.25) is 24.6 Å². The number of carbonyl (C=O) groups excluding carboxylic acids is 2. The summed E-state index contributed by atoms with van der Waals surface area (Å²) in [4.78, 5) is 37.4. The zero-order valence-corrected chi connectivity index (χ0v) is 20.0. The summed E-state index contributed by atoms with van der Waals surface area (Å²) in [5, 5.41) is 13.6. The normalized spacial score (nSPS) is 15.9. The number of carbonyl (C=O) groups is 2. The number of nitrogens with one attached hydrogen (secondary N) is 1. The predicted octanol–water partition coefficient (Wildman–Crippen LogP) is 5.92. The number of hydrogen-bond donors (Lipinski definition) is 1. The van der Waals surface area contributed by atoms with Crippen LogP contribution in [0.3, 0.4) is 0 Å². The van der Waals surface area contributed by atoms with E-state index in [9.17, 15) is 19.7 Å². The summed E-state index contributed by atoms with van der Waals surface area (Å²) in [6.07, 6.45) is 0. The molecule has 0 unspecified atom stereocenters. The van der Waals surface area contributed by atoms with Gasteiger partial charge < -0.3 is 5.32 Å². The average Bonchev–Trinajstić information content (AvgIpc) is 3.20. The Hall–Kier alpha value is -3.65. The number of benzene rings is 3. The molecule has 2 amide bonds. The number of rotatable bonds is 5. The van der Waals surface area contributed by atoms with Crippen LogP contribution in [0.2, 0.25) is 0 Å². The molecule has 4 rings (SSSR count). The van der Waals surface area contributed by atoms with E-state index in [1.807, 2.05) is 29.2 Å². The number of non-ortho nitro benzene ring substituents is 1. The fraction of sp³-hybridized carbons (Fsp3) is 0.231. The largest absolute Gasteiger partial charge is 0.322 e.